The standard InChI is InChI=1S/C9H11FN2O3/c10-5-9(11,8(14)15)3-6-1-2-7(13)12-4-6/h1-2,4H,3,5,11H2,(H,12,13)(H,14,15)/t9-/m1/s1. The summed E-state index contributed by atoms with van der Waals surface area (Å²) in [4.78, 5) is 14.2. The van der Waals surface area contributed by atoms with Crippen molar-refractivity contribution in [3.63, 3.8) is 0 Å². The minimum atomic E-state index is -1.93. The van der Waals surface area contributed by atoms with E-state index in [0.29, 0.717) is 5.56 Å². The lowest BCUT2D eigenvalue weighted by Gasteiger charge is -2.20. The number of hydrogen-bond donors (Lipinski definition) is 3. The van der Waals surface area contributed by atoms with Crippen LogP contribution in [0.3, 0.4) is 0 Å². The Morgan fingerprint density at radius 2 is 2.27 bits per heavy atom. The maximum atomic E-state index is 12.5. The number of nitrogens with two attached hydrogens (primary N) is 1. The zero-order chi connectivity index (χ0) is 11.5. The van der Waals surface area contributed by atoms with Crippen molar-refractivity contribution < 1.29 is 19.4 Å². The smallest absolute Gasteiger partial charge is 0.326 e. The van der Waals surface area contributed by atoms with Gasteiger partial charge in [0.1, 0.15) is 12.2 Å². The topological polar surface area (TPSA) is 96.4 Å². The highest BCUT2D eigenvalue weighted by atomic mass is 19.1. The van der Waals surface area contributed by atoms with Crippen molar-refractivity contribution in [3.05, 3.63) is 23.9 Å². The van der Waals surface area contributed by atoms with Gasteiger partial charge in [0.05, 0.1) is 0 Å². The van der Waals surface area contributed by atoms with E-state index in [1.54, 1.807) is 0 Å². The van der Waals surface area contributed by atoms with Gasteiger partial charge in [-0.05, 0) is 5.56 Å². The SMILES string of the molecule is N[C@@](CF)(Cc1ccc(O)nc1)C(=O)O. The number of aromatic hydroxyl groups is 1. The van der Waals surface area contributed by atoms with E-state index in [4.69, 9.17) is 15.9 Å². The number of aromatic nitrogens is 1. The van der Waals surface area contributed by atoms with Gasteiger partial charge in [-0.25, -0.2) is 9.37 Å². The van der Waals surface area contributed by atoms with Crippen LogP contribution in [0.2, 0.25) is 0 Å². The molecule has 0 fully saturated rings. The van der Waals surface area contributed by atoms with Gasteiger partial charge in [0.15, 0.2) is 0 Å². The van der Waals surface area contributed by atoms with Crippen molar-refractivity contribution in [2.45, 2.75) is 12.0 Å². The second-order valence-corrected chi connectivity index (χ2v) is 3.30. The van der Waals surface area contributed by atoms with Gasteiger partial charge in [-0.3, -0.25) is 4.79 Å². The molecule has 0 aliphatic carbocycles. The minimum Gasteiger partial charge on any atom is -0.493 e. The summed E-state index contributed by atoms with van der Waals surface area (Å²) in [5, 5.41) is 17.6. The lowest BCUT2D eigenvalue weighted by atomic mass is 9.94. The third kappa shape index (κ3) is 2.63. The van der Waals surface area contributed by atoms with Crippen LogP contribution in [0.25, 0.3) is 0 Å². The summed E-state index contributed by atoms with van der Waals surface area (Å²) >= 11 is 0. The van der Waals surface area contributed by atoms with Crippen LogP contribution in [0.4, 0.5) is 4.39 Å². The van der Waals surface area contributed by atoms with Gasteiger partial charge >= 0.3 is 5.97 Å². The monoisotopic (exact) mass is 214 g/mol. The minimum absolute atomic E-state index is 0.174. The quantitative estimate of drug-likeness (QED) is 0.659. The number of pyridine rings is 1. The summed E-state index contributed by atoms with van der Waals surface area (Å²) in [5.74, 6) is -1.59. The van der Waals surface area contributed by atoms with Crippen LogP contribution >= 0.6 is 0 Å². The highest BCUT2D eigenvalue weighted by Gasteiger charge is 2.34. The highest BCUT2D eigenvalue weighted by Crippen LogP contribution is 2.13. The van der Waals surface area contributed by atoms with Crippen LogP contribution in [0.1, 0.15) is 5.56 Å². The zero-order valence-corrected chi connectivity index (χ0v) is 7.85. The molecule has 0 aliphatic heterocycles. The number of carboxylic acid groups (broad SMARTS) is 1. The summed E-state index contributed by atoms with van der Waals surface area (Å²) in [6, 6.07) is 2.73. The van der Waals surface area contributed by atoms with Crippen LogP contribution in [-0.2, 0) is 11.2 Å². The summed E-state index contributed by atoms with van der Waals surface area (Å²) in [5.41, 5.74) is 3.87. The summed E-state index contributed by atoms with van der Waals surface area (Å²) in [6.45, 7) is -1.16. The summed E-state index contributed by atoms with van der Waals surface area (Å²) in [7, 11) is 0. The molecule has 0 saturated carbocycles. The van der Waals surface area contributed by atoms with Gasteiger partial charge in [0, 0.05) is 18.7 Å². The Labute approximate surface area is 85.4 Å². The van der Waals surface area contributed by atoms with Crippen LogP contribution in [0, 0.1) is 0 Å². The molecule has 82 valence electrons. The normalized spacial score (nSPS) is 14.5. The first-order chi connectivity index (χ1) is 6.98. The average molecular weight is 214 g/mol. The van der Waals surface area contributed by atoms with E-state index in [1.807, 2.05) is 0 Å². The van der Waals surface area contributed by atoms with Crippen molar-refractivity contribution in [1.29, 1.82) is 0 Å². The fourth-order valence-corrected chi connectivity index (χ4v) is 1.07. The van der Waals surface area contributed by atoms with Gasteiger partial charge in [0.2, 0.25) is 5.88 Å². The molecule has 1 aromatic rings. The number of alkyl halides is 1. The van der Waals surface area contributed by atoms with Crippen LogP contribution in [0.5, 0.6) is 5.88 Å². The van der Waals surface area contributed by atoms with Gasteiger partial charge in [-0.2, -0.15) is 0 Å². The Morgan fingerprint density at radius 1 is 1.60 bits per heavy atom. The molecule has 0 radical (unpaired) electrons. The molecule has 1 aromatic heterocycles. The summed E-state index contributed by atoms with van der Waals surface area (Å²) in [6.07, 6.45) is 1.08. The Bertz CT molecular complexity index is 355. The molecule has 0 aliphatic rings. The molecule has 0 aromatic carbocycles. The lowest BCUT2D eigenvalue weighted by Crippen LogP contribution is -2.52. The number of nitrogens with zero attached hydrogens (tertiary/aromatic N) is 1. The second kappa shape index (κ2) is 4.22. The third-order valence-electron chi connectivity index (χ3n) is 1.99. The predicted molar refractivity (Wildman–Crippen MR) is 50.1 cm³/mol. The van der Waals surface area contributed by atoms with Gasteiger partial charge < -0.3 is 15.9 Å². The molecule has 1 rings (SSSR count). The molecule has 0 amide bonds. The van der Waals surface area contributed by atoms with Crippen molar-refractivity contribution in [2.24, 2.45) is 5.73 Å². The van der Waals surface area contributed by atoms with Crippen molar-refractivity contribution in [3.8, 4) is 5.88 Å². The fraction of sp³-hybridized carbons (Fsp3) is 0.333. The van der Waals surface area contributed by atoms with Crippen molar-refractivity contribution in [2.75, 3.05) is 6.67 Å². The maximum absolute atomic E-state index is 12.5. The van der Waals surface area contributed by atoms with Gasteiger partial charge in [0.25, 0.3) is 0 Å². The van der Waals surface area contributed by atoms with E-state index in [1.165, 1.54) is 18.3 Å². The first kappa shape index (κ1) is 11.4. The van der Waals surface area contributed by atoms with E-state index >= 15 is 0 Å². The first-order valence-electron chi connectivity index (χ1n) is 4.20. The average Bonchev–Trinajstić information content (AvgIpc) is 2.21. The first-order valence-corrected chi connectivity index (χ1v) is 4.20. The molecule has 1 heterocycles. The number of hydrogen-bond acceptors (Lipinski definition) is 4. The Morgan fingerprint density at radius 3 is 2.67 bits per heavy atom. The number of carbonyl (C=O) groups is 1. The Kier molecular flexibility index (Phi) is 3.21. The maximum Gasteiger partial charge on any atom is 0.326 e. The molecule has 0 saturated heterocycles. The molecule has 15 heavy (non-hydrogen) atoms. The van der Waals surface area contributed by atoms with Gasteiger partial charge in [-0.15, -0.1) is 0 Å². The molecule has 0 spiro atoms. The third-order valence-corrected chi connectivity index (χ3v) is 1.99. The number of rotatable bonds is 4. The molecule has 0 unspecified atom stereocenters. The second-order valence-electron chi connectivity index (χ2n) is 3.30. The molecular weight excluding hydrogens is 203 g/mol. The highest BCUT2D eigenvalue weighted by molar-refractivity contribution is 5.79. The largest absolute Gasteiger partial charge is 0.493 e. The van der Waals surface area contributed by atoms with E-state index in [-0.39, 0.29) is 12.3 Å². The Hall–Kier alpha value is -1.69. The summed E-state index contributed by atoms with van der Waals surface area (Å²) < 4.78 is 12.5. The molecular formula is C9H11FN2O3. The predicted octanol–water partition coefficient (Wildman–Crippen LogP) is 0.0813. The van der Waals surface area contributed by atoms with Crippen LogP contribution < -0.4 is 5.73 Å². The molecule has 1 atom stereocenters. The molecule has 4 N–H and O–H groups in total. The fourth-order valence-electron chi connectivity index (χ4n) is 1.07. The van der Waals surface area contributed by atoms with Crippen LogP contribution in [-0.4, -0.2) is 33.4 Å². The van der Waals surface area contributed by atoms with E-state index in [9.17, 15) is 9.18 Å². The number of halogens is 1. The number of carboxylic acids is 1. The molecule has 5 nitrogen and oxygen atoms in total. The zero-order valence-electron chi connectivity index (χ0n) is 7.85. The van der Waals surface area contributed by atoms with Crippen LogP contribution in [0.15, 0.2) is 18.3 Å². The van der Waals surface area contributed by atoms with E-state index in [2.05, 4.69) is 4.98 Å². The van der Waals surface area contributed by atoms with Gasteiger partial charge in [-0.1, -0.05) is 6.07 Å². The lowest BCUT2D eigenvalue weighted by molar-refractivity contribution is -0.143. The molecule has 0 bridgehead atoms. The van der Waals surface area contributed by atoms with Crippen molar-refractivity contribution >= 4 is 5.97 Å². The number of aliphatic carboxylic acids is 1. The Balaban J connectivity index is 2.84. The molecule has 6 heteroatoms. The van der Waals surface area contributed by atoms with E-state index < -0.39 is 18.2 Å². The van der Waals surface area contributed by atoms with E-state index in [0.717, 1.165) is 0 Å². The van der Waals surface area contributed by atoms with Crippen molar-refractivity contribution in [1.82, 2.24) is 4.98 Å².